The summed E-state index contributed by atoms with van der Waals surface area (Å²) in [6.45, 7) is 5.28. The third kappa shape index (κ3) is 4.69. The molecular weight excluding hydrogens is 312 g/mol. The lowest BCUT2D eigenvalue weighted by Crippen LogP contribution is -2.27. The van der Waals surface area contributed by atoms with Gasteiger partial charge in [-0.3, -0.25) is 0 Å². The molecule has 0 heterocycles. The van der Waals surface area contributed by atoms with Gasteiger partial charge in [0.15, 0.2) is 0 Å². The second-order valence-electron chi connectivity index (χ2n) is 5.26. The zero-order chi connectivity index (χ0) is 16.4. The number of nitrogens with one attached hydrogen (secondary N) is 1. The number of nitrogen functional groups attached to an aromatic ring is 1. The van der Waals surface area contributed by atoms with Crippen LogP contribution in [-0.2, 0) is 19.9 Å². The number of aryl methyl sites for hydroxylation is 2. The van der Waals surface area contributed by atoms with E-state index in [0.717, 1.165) is 11.8 Å². The largest absolute Gasteiger partial charge is 0.398 e. The number of sulfone groups is 1. The highest BCUT2D eigenvalue weighted by atomic mass is 32.2. The molecule has 3 N–H and O–H groups in total. The van der Waals surface area contributed by atoms with Crippen LogP contribution < -0.4 is 10.5 Å². The number of sulfonamides is 1. The monoisotopic (exact) mass is 334 g/mol. The van der Waals surface area contributed by atoms with Crippen molar-refractivity contribution < 1.29 is 16.8 Å². The van der Waals surface area contributed by atoms with Crippen LogP contribution in [0, 0.1) is 20.8 Å². The zero-order valence-electron chi connectivity index (χ0n) is 12.7. The molecule has 0 atom stereocenters. The minimum atomic E-state index is -3.70. The van der Waals surface area contributed by atoms with Gasteiger partial charge in [0.1, 0.15) is 9.84 Å². The van der Waals surface area contributed by atoms with E-state index in [1.165, 1.54) is 0 Å². The Kier molecular flexibility index (Phi) is 5.40. The number of hydrogen-bond acceptors (Lipinski definition) is 5. The molecule has 0 aliphatic carbocycles. The average molecular weight is 334 g/mol. The first kappa shape index (κ1) is 17.9. The van der Waals surface area contributed by atoms with Crippen LogP contribution in [0.1, 0.15) is 23.1 Å². The van der Waals surface area contributed by atoms with Crippen molar-refractivity contribution in [3.05, 3.63) is 22.8 Å². The topological polar surface area (TPSA) is 106 Å². The molecule has 1 aromatic carbocycles. The Morgan fingerprint density at radius 3 is 2.19 bits per heavy atom. The van der Waals surface area contributed by atoms with Gasteiger partial charge in [-0.25, -0.2) is 21.6 Å². The lowest BCUT2D eigenvalue weighted by atomic mass is 10.1. The number of anilines is 1. The normalized spacial score (nSPS) is 12.6. The van der Waals surface area contributed by atoms with E-state index >= 15 is 0 Å². The van der Waals surface area contributed by atoms with Crippen molar-refractivity contribution in [1.82, 2.24) is 4.72 Å². The summed E-state index contributed by atoms with van der Waals surface area (Å²) in [5.74, 6) is -0.0521. The van der Waals surface area contributed by atoms with Crippen LogP contribution in [0.4, 0.5) is 5.69 Å². The van der Waals surface area contributed by atoms with Gasteiger partial charge < -0.3 is 5.73 Å². The fourth-order valence-electron chi connectivity index (χ4n) is 2.21. The van der Waals surface area contributed by atoms with E-state index in [2.05, 4.69) is 4.72 Å². The van der Waals surface area contributed by atoms with Crippen LogP contribution in [-0.4, -0.2) is 35.4 Å². The molecule has 0 aliphatic heterocycles. The summed E-state index contributed by atoms with van der Waals surface area (Å²) in [5.41, 5.74) is 8.32. The Hall–Kier alpha value is -1.12. The van der Waals surface area contributed by atoms with Crippen molar-refractivity contribution in [1.29, 1.82) is 0 Å². The predicted octanol–water partition coefficient (Wildman–Crippen LogP) is 0.907. The summed E-state index contributed by atoms with van der Waals surface area (Å²) in [6.07, 6.45) is 1.36. The summed E-state index contributed by atoms with van der Waals surface area (Å²) in [6, 6.07) is 1.73. The minimum Gasteiger partial charge on any atom is -0.398 e. The Morgan fingerprint density at radius 2 is 1.67 bits per heavy atom. The average Bonchev–Trinajstić information content (AvgIpc) is 2.30. The minimum absolute atomic E-state index is 0.0521. The first-order valence-electron chi connectivity index (χ1n) is 6.49. The summed E-state index contributed by atoms with van der Waals surface area (Å²) in [4.78, 5) is 0.171. The molecule has 8 heteroatoms. The fraction of sp³-hybridized carbons (Fsp3) is 0.538. The number of hydrogen-bond donors (Lipinski definition) is 2. The van der Waals surface area contributed by atoms with Crippen molar-refractivity contribution >= 4 is 25.5 Å². The third-order valence-corrected chi connectivity index (χ3v) is 5.99. The standard InChI is InChI=1S/C13H22N2O4S2/c1-9-8-10(2)13(11(3)12(9)14)21(18,19)15-6-5-7-20(4,16)17/h8,15H,5-7,14H2,1-4H3. The van der Waals surface area contributed by atoms with Crippen LogP contribution in [0.3, 0.4) is 0 Å². The highest BCUT2D eigenvalue weighted by molar-refractivity contribution is 7.90. The van der Waals surface area contributed by atoms with Gasteiger partial charge in [0.25, 0.3) is 0 Å². The molecule has 0 bridgehead atoms. The molecule has 0 aliphatic rings. The second kappa shape index (κ2) is 6.33. The van der Waals surface area contributed by atoms with E-state index in [-0.39, 0.29) is 23.6 Å². The van der Waals surface area contributed by atoms with E-state index in [0.29, 0.717) is 16.8 Å². The van der Waals surface area contributed by atoms with Crippen LogP contribution in [0.15, 0.2) is 11.0 Å². The SMILES string of the molecule is Cc1cc(C)c(S(=O)(=O)NCCCS(C)(=O)=O)c(C)c1N. The predicted molar refractivity (Wildman–Crippen MR) is 84.6 cm³/mol. The summed E-state index contributed by atoms with van der Waals surface area (Å²) < 4.78 is 49.2. The Bertz CT molecular complexity index is 738. The fourth-order valence-corrected chi connectivity index (χ4v) is 4.43. The Balaban J connectivity index is 2.97. The molecule has 6 nitrogen and oxygen atoms in total. The zero-order valence-corrected chi connectivity index (χ0v) is 14.4. The summed E-state index contributed by atoms with van der Waals surface area (Å²) >= 11 is 0. The van der Waals surface area contributed by atoms with E-state index in [1.807, 2.05) is 6.92 Å². The Labute approximate surface area is 126 Å². The van der Waals surface area contributed by atoms with Crippen LogP contribution in [0.5, 0.6) is 0 Å². The van der Waals surface area contributed by atoms with E-state index in [9.17, 15) is 16.8 Å². The highest BCUT2D eigenvalue weighted by Gasteiger charge is 2.21. The molecule has 21 heavy (non-hydrogen) atoms. The molecule has 0 fully saturated rings. The maximum atomic E-state index is 12.3. The van der Waals surface area contributed by atoms with E-state index in [4.69, 9.17) is 5.73 Å². The van der Waals surface area contributed by atoms with Crippen molar-refractivity contribution in [2.45, 2.75) is 32.1 Å². The van der Waals surface area contributed by atoms with Crippen LogP contribution in [0.25, 0.3) is 0 Å². The van der Waals surface area contributed by atoms with Gasteiger partial charge in [0.2, 0.25) is 10.0 Å². The van der Waals surface area contributed by atoms with Gasteiger partial charge >= 0.3 is 0 Å². The van der Waals surface area contributed by atoms with Gasteiger partial charge in [-0.1, -0.05) is 6.07 Å². The smallest absolute Gasteiger partial charge is 0.241 e. The highest BCUT2D eigenvalue weighted by Crippen LogP contribution is 2.27. The molecule has 0 unspecified atom stereocenters. The van der Waals surface area contributed by atoms with E-state index < -0.39 is 19.9 Å². The van der Waals surface area contributed by atoms with Gasteiger partial charge in [-0.05, 0) is 43.9 Å². The number of nitrogens with two attached hydrogens (primary N) is 1. The molecule has 1 rings (SSSR count). The van der Waals surface area contributed by atoms with Crippen molar-refractivity contribution in [3.8, 4) is 0 Å². The summed E-state index contributed by atoms with van der Waals surface area (Å²) in [5, 5.41) is 0. The molecule has 1 aromatic rings. The van der Waals surface area contributed by atoms with Crippen LogP contribution >= 0.6 is 0 Å². The van der Waals surface area contributed by atoms with Gasteiger partial charge in [-0.2, -0.15) is 0 Å². The molecule has 120 valence electrons. The molecular formula is C13H22N2O4S2. The summed E-state index contributed by atoms with van der Waals surface area (Å²) in [7, 11) is -6.79. The lowest BCUT2D eigenvalue weighted by molar-refractivity contribution is 0.576. The van der Waals surface area contributed by atoms with Crippen molar-refractivity contribution in [2.24, 2.45) is 0 Å². The maximum Gasteiger partial charge on any atom is 0.241 e. The number of benzene rings is 1. The van der Waals surface area contributed by atoms with E-state index in [1.54, 1.807) is 19.9 Å². The first-order chi connectivity index (χ1) is 9.46. The quantitative estimate of drug-likeness (QED) is 0.594. The molecule has 0 amide bonds. The molecule has 0 saturated heterocycles. The Morgan fingerprint density at radius 1 is 1.10 bits per heavy atom. The van der Waals surface area contributed by atoms with Crippen molar-refractivity contribution in [2.75, 3.05) is 24.3 Å². The van der Waals surface area contributed by atoms with Gasteiger partial charge in [0, 0.05) is 18.5 Å². The first-order valence-corrected chi connectivity index (χ1v) is 10.0. The lowest BCUT2D eigenvalue weighted by Gasteiger charge is -2.15. The third-order valence-electron chi connectivity index (χ3n) is 3.21. The molecule has 0 spiro atoms. The molecule has 0 aromatic heterocycles. The van der Waals surface area contributed by atoms with Gasteiger partial charge in [0.05, 0.1) is 10.6 Å². The number of rotatable bonds is 6. The molecule has 0 radical (unpaired) electrons. The van der Waals surface area contributed by atoms with Gasteiger partial charge in [-0.15, -0.1) is 0 Å². The maximum absolute atomic E-state index is 12.3. The van der Waals surface area contributed by atoms with Crippen molar-refractivity contribution in [3.63, 3.8) is 0 Å². The van der Waals surface area contributed by atoms with Crippen LogP contribution in [0.2, 0.25) is 0 Å². The second-order valence-corrected chi connectivity index (χ2v) is 9.22. The molecule has 0 saturated carbocycles.